The molecule has 3 aromatic rings. The highest BCUT2D eigenvalue weighted by Gasteiger charge is 2.25. The van der Waals surface area contributed by atoms with E-state index in [1.807, 2.05) is 0 Å². The van der Waals surface area contributed by atoms with Gasteiger partial charge in [0.1, 0.15) is 0 Å². The van der Waals surface area contributed by atoms with Crippen molar-refractivity contribution in [2.75, 3.05) is 5.32 Å². The van der Waals surface area contributed by atoms with Gasteiger partial charge in [-0.15, -0.1) is 17.5 Å². The van der Waals surface area contributed by atoms with Crippen molar-refractivity contribution in [2.24, 2.45) is 12.8 Å². The maximum absolute atomic E-state index is 14.7. The van der Waals surface area contributed by atoms with Gasteiger partial charge in [0.05, 0.1) is 10.5 Å². The van der Waals surface area contributed by atoms with Crippen molar-refractivity contribution in [3.8, 4) is 0 Å². The minimum absolute atomic E-state index is 0. The van der Waals surface area contributed by atoms with E-state index < -0.39 is 16.6 Å². The van der Waals surface area contributed by atoms with Crippen LogP contribution < -0.4 is 11.1 Å². The normalized spacial score (nSPS) is 13.5. The van der Waals surface area contributed by atoms with Crippen molar-refractivity contribution >= 4 is 41.6 Å². The molecule has 1 fully saturated rings. The summed E-state index contributed by atoms with van der Waals surface area (Å²) in [6, 6.07) is 3.95. The number of benzene rings is 1. The first-order valence-electron chi connectivity index (χ1n) is 10.3. The summed E-state index contributed by atoms with van der Waals surface area (Å²) >= 11 is 1.03. The molecular weight excluding hydrogens is 487 g/mol. The van der Waals surface area contributed by atoms with E-state index in [0.29, 0.717) is 10.1 Å². The molecule has 4 rings (SSSR count). The Morgan fingerprint density at radius 1 is 1.35 bits per heavy atom. The van der Waals surface area contributed by atoms with Crippen LogP contribution in [0, 0.1) is 15.9 Å². The van der Waals surface area contributed by atoms with Crippen molar-refractivity contribution in [1.82, 2.24) is 25.2 Å². The van der Waals surface area contributed by atoms with Gasteiger partial charge in [0.25, 0.3) is 11.6 Å². The van der Waals surface area contributed by atoms with Crippen LogP contribution in [0.3, 0.4) is 0 Å². The maximum Gasteiger partial charge on any atom is 0.274 e. The molecule has 14 heteroatoms. The van der Waals surface area contributed by atoms with E-state index in [4.69, 9.17) is 5.73 Å². The summed E-state index contributed by atoms with van der Waals surface area (Å²) in [6.45, 7) is -0.109. The van der Waals surface area contributed by atoms with Crippen LogP contribution in [0.2, 0.25) is 0 Å². The van der Waals surface area contributed by atoms with Crippen molar-refractivity contribution in [3.05, 3.63) is 57.0 Å². The largest absolute Gasteiger partial charge is 0.326 e. The fourth-order valence-electron chi connectivity index (χ4n) is 3.81. The summed E-state index contributed by atoms with van der Waals surface area (Å²) in [5.74, 6) is -1.39. The van der Waals surface area contributed by atoms with Crippen LogP contribution in [0.1, 0.15) is 53.1 Å². The molecule has 2 heterocycles. The Hall–Kier alpha value is -3.16. The molecule has 11 nitrogen and oxygen atoms in total. The van der Waals surface area contributed by atoms with Crippen LogP contribution in [0.4, 0.5) is 15.9 Å². The average Bonchev–Trinajstić information content (AvgIpc) is 3.47. The molecular formula is C20H22ClFN8O3S. The Balaban J connectivity index is 0.00000324. The Morgan fingerprint density at radius 2 is 2.09 bits per heavy atom. The first kappa shape index (κ1) is 25.5. The summed E-state index contributed by atoms with van der Waals surface area (Å²) in [4.78, 5) is 28.4. The molecule has 0 bridgehead atoms. The van der Waals surface area contributed by atoms with E-state index in [1.54, 1.807) is 13.2 Å². The molecule has 1 aromatic carbocycles. The molecule has 2 aromatic heterocycles. The summed E-state index contributed by atoms with van der Waals surface area (Å²) in [5, 5.41) is 25.5. The number of aryl methyl sites for hydroxylation is 1. The van der Waals surface area contributed by atoms with Gasteiger partial charge in [-0.25, -0.2) is 14.1 Å². The van der Waals surface area contributed by atoms with Gasteiger partial charge in [-0.05, 0) is 58.6 Å². The number of carbonyl (C=O) groups excluding carboxylic acids is 1. The average molecular weight is 509 g/mol. The fourth-order valence-corrected chi connectivity index (χ4v) is 4.72. The second kappa shape index (κ2) is 10.8. The molecule has 1 aliphatic carbocycles. The summed E-state index contributed by atoms with van der Waals surface area (Å²) in [6.07, 6.45) is 5.74. The van der Waals surface area contributed by atoms with E-state index in [-0.39, 0.29) is 47.5 Å². The Morgan fingerprint density at radius 3 is 2.68 bits per heavy atom. The van der Waals surface area contributed by atoms with Gasteiger partial charge >= 0.3 is 0 Å². The number of anilines is 1. The van der Waals surface area contributed by atoms with Gasteiger partial charge in [-0.1, -0.05) is 12.8 Å². The molecule has 0 aliphatic heterocycles. The van der Waals surface area contributed by atoms with E-state index in [0.717, 1.165) is 49.1 Å². The highest BCUT2D eigenvalue weighted by molar-refractivity contribution is 7.99. The number of nitrogens with two attached hydrogens (primary N) is 1. The SMILES string of the molecule is Cl.Cn1nnnc1Sc1cc(CN)c([N+](=O)[O-])cc1C(=O)Nc1ncc(C2CCCC2)cc1F. The number of amides is 1. The number of nitro benzene ring substituents is 1. The third kappa shape index (κ3) is 5.32. The van der Waals surface area contributed by atoms with Crippen molar-refractivity contribution in [2.45, 2.75) is 48.2 Å². The zero-order valence-corrected chi connectivity index (χ0v) is 19.7. The van der Waals surface area contributed by atoms with Gasteiger partial charge in [0.2, 0.25) is 5.16 Å². The van der Waals surface area contributed by atoms with Crippen LogP contribution in [0.5, 0.6) is 0 Å². The van der Waals surface area contributed by atoms with Crippen molar-refractivity contribution in [3.63, 3.8) is 0 Å². The molecule has 1 saturated carbocycles. The molecule has 0 atom stereocenters. The number of nitrogens with zero attached hydrogens (tertiary/aromatic N) is 6. The van der Waals surface area contributed by atoms with Crippen LogP contribution >= 0.6 is 24.2 Å². The third-order valence-corrected chi connectivity index (χ3v) is 6.63. The van der Waals surface area contributed by atoms with Crippen molar-refractivity contribution < 1.29 is 14.1 Å². The Kier molecular flexibility index (Phi) is 8.12. The number of nitro groups is 1. The third-order valence-electron chi connectivity index (χ3n) is 5.55. The van der Waals surface area contributed by atoms with E-state index >= 15 is 0 Å². The topological polar surface area (TPSA) is 155 Å². The first-order valence-corrected chi connectivity index (χ1v) is 11.1. The minimum atomic E-state index is -0.751. The molecule has 1 amide bonds. The predicted molar refractivity (Wildman–Crippen MR) is 125 cm³/mol. The summed E-state index contributed by atoms with van der Waals surface area (Å²) < 4.78 is 16.1. The first-order chi connectivity index (χ1) is 15.9. The maximum atomic E-state index is 14.7. The van der Waals surface area contributed by atoms with Crippen LogP contribution in [0.15, 0.2) is 34.4 Å². The summed E-state index contributed by atoms with van der Waals surface area (Å²) in [7, 11) is 1.61. The number of rotatable bonds is 7. The highest BCUT2D eigenvalue weighted by Crippen LogP contribution is 2.36. The number of hydrogen-bond acceptors (Lipinski definition) is 9. The smallest absolute Gasteiger partial charge is 0.274 e. The molecule has 0 unspecified atom stereocenters. The molecule has 180 valence electrons. The monoisotopic (exact) mass is 508 g/mol. The molecule has 1 aliphatic rings. The number of halogens is 2. The van der Waals surface area contributed by atoms with Gasteiger partial charge in [-0.3, -0.25) is 14.9 Å². The molecule has 0 spiro atoms. The van der Waals surface area contributed by atoms with E-state index in [1.165, 1.54) is 16.8 Å². The van der Waals surface area contributed by atoms with Crippen LogP contribution in [-0.2, 0) is 13.6 Å². The second-order valence-electron chi connectivity index (χ2n) is 7.66. The van der Waals surface area contributed by atoms with Crippen LogP contribution in [0.25, 0.3) is 0 Å². The van der Waals surface area contributed by atoms with Crippen molar-refractivity contribution in [1.29, 1.82) is 0 Å². The molecule has 3 N–H and O–H groups in total. The number of pyridine rings is 1. The lowest BCUT2D eigenvalue weighted by Crippen LogP contribution is -2.17. The van der Waals surface area contributed by atoms with Gasteiger partial charge in [-0.2, -0.15) is 0 Å². The second-order valence-corrected chi connectivity index (χ2v) is 8.67. The fraction of sp³-hybridized carbons (Fsp3) is 0.350. The molecule has 0 saturated heterocycles. The van der Waals surface area contributed by atoms with E-state index in [2.05, 4.69) is 25.8 Å². The zero-order valence-electron chi connectivity index (χ0n) is 18.1. The van der Waals surface area contributed by atoms with Crippen LogP contribution in [-0.4, -0.2) is 36.0 Å². The van der Waals surface area contributed by atoms with Gasteiger partial charge in [0.15, 0.2) is 11.6 Å². The highest BCUT2D eigenvalue weighted by atomic mass is 35.5. The van der Waals surface area contributed by atoms with Gasteiger partial charge < -0.3 is 11.1 Å². The number of nitrogens with one attached hydrogen (secondary N) is 1. The number of tetrazole rings is 1. The number of aromatic nitrogens is 5. The lowest BCUT2D eigenvalue weighted by Gasteiger charge is -2.13. The lowest BCUT2D eigenvalue weighted by atomic mass is 9.99. The standard InChI is InChI=1S/C20H21FN8O3S.ClH/c1-28-20(25-26-27-28)33-17-7-12(9-22)16(29(31)32)8-14(17)19(30)24-18-15(21)6-13(10-23-18)11-4-2-3-5-11;/h6-8,10-11H,2-5,9,22H2,1H3,(H,23,24,30);1H. The Bertz CT molecular complexity index is 1220. The minimum Gasteiger partial charge on any atom is -0.326 e. The van der Waals surface area contributed by atoms with Gasteiger partial charge in [0, 0.05) is 36.3 Å². The Labute approximate surface area is 204 Å². The molecule has 0 radical (unpaired) electrons. The molecule has 34 heavy (non-hydrogen) atoms. The quantitative estimate of drug-likeness (QED) is 0.359. The van der Waals surface area contributed by atoms with E-state index in [9.17, 15) is 19.3 Å². The number of hydrogen-bond donors (Lipinski definition) is 2. The summed E-state index contributed by atoms with van der Waals surface area (Å²) in [5.41, 5.74) is 6.35. The lowest BCUT2D eigenvalue weighted by molar-refractivity contribution is -0.385. The zero-order chi connectivity index (χ0) is 23.5. The predicted octanol–water partition coefficient (Wildman–Crippen LogP) is 3.59. The number of carbonyl (C=O) groups is 1.